The molecular weight excluding hydrogens is 318 g/mol. The maximum atomic E-state index is 4.35. The van der Waals surface area contributed by atoms with E-state index >= 15 is 0 Å². The van der Waals surface area contributed by atoms with Gasteiger partial charge in [-0.1, -0.05) is 6.92 Å². The van der Waals surface area contributed by atoms with E-state index in [9.17, 15) is 0 Å². The van der Waals surface area contributed by atoms with E-state index in [-0.39, 0.29) is 0 Å². The molecule has 0 aromatic carbocycles. The third-order valence-electron chi connectivity index (χ3n) is 4.21. The lowest BCUT2D eigenvalue weighted by atomic mass is 10.0. The molecule has 1 N–H and O–H groups in total. The van der Waals surface area contributed by atoms with E-state index in [1.165, 1.54) is 5.69 Å². The van der Waals surface area contributed by atoms with Crippen LogP contribution in [0.2, 0.25) is 0 Å². The Balaban J connectivity index is 2.13. The van der Waals surface area contributed by atoms with Crippen LogP contribution in [0.15, 0.2) is 10.7 Å². The SMILES string of the molecule is CCNC(CC1CN(C)CCN1C)c1c(Br)cnn1C. The number of nitrogens with one attached hydrogen (secondary N) is 1. The van der Waals surface area contributed by atoms with Crippen LogP contribution in [-0.4, -0.2) is 65.9 Å². The summed E-state index contributed by atoms with van der Waals surface area (Å²) < 4.78 is 3.07. The Bertz CT molecular complexity index is 414. The van der Waals surface area contributed by atoms with Crippen LogP contribution in [0, 0.1) is 0 Å². The van der Waals surface area contributed by atoms with E-state index in [0.717, 1.165) is 37.1 Å². The first-order valence-corrected chi connectivity index (χ1v) is 8.11. The van der Waals surface area contributed by atoms with Gasteiger partial charge in [0.15, 0.2) is 0 Å². The summed E-state index contributed by atoms with van der Waals surface area (Å²) in [6, 6.07) is 0.917. The number of aryl methyl sites for hydroxylation is 1. The van der Waals surface area contributed by atoms with Gasteiger partial charge < -0.3 is 15.1 Å². The van der Waals surface area contributed by atoms with Crippen LogP contribution in [0.25, 0.3) is 0 Å². The van der Waals surface area contributed by atoms with Crippen molar-refractivity contribution in [1.29, 1.82) is 0 Å². The number of halogens is 1. The smallest absolute Gasteiger partial charge is 0.0692 e. The van der Waals surface area contributed by atoms with Crippen LogP contribution in [0.3, 0.4) is 0 Å². The molecule has 1 saturated heterocycles. The first kappa shape index (κ1) is 15.9. The fourth-order valence-corrected chi connectivity index (χ4v) is 3.60. The molecule has 0 bridgehead atoms. The molecule has 0 amide bonds. The van der Waals surface area contributed by atoms with Crippen LogP contribution in [0.5, 0.6) is 0 Å². The maximum absolute atomic E-state index is 4.35. The van der Waals surface area contributed by atoms with Crippen molar-refractivity contribution in [1.82, 2.24) is 24.9 Å². The Labute approximate surface area is 130 Å². The molecule has 6 heteroatoms. The first-order valence-electron chi connectivity index (χ1n) is 7.32. The van der Waals surface area contributed by atoms with E-state index in [0.29, 0.717) is 12.1 Å². The summed E-state index contributed by atoms with van der Waals surface area (Å²) >= 11 is 3.63. The molecule has 5 nitrogen and oxygen atoms in total. The zero-order valence-corrected chi connectivity index (χ0v) is 14.5. The van der Waals surface area contributed by atoms with Gasteiger partial charge in [-0.3, -0.25) is 4.68 Å². The van der Waals surface area contributed by atoms with E-state index in [4.69, 9.17) is 0 Å². The molecule has 1 fully saturated rings. The monoisotopic (exact) mass is 343 g/mol. The van der Waals surface area contributed by atoms with Crippen LogP contribution in [0.4, 0.5) is 0 Å². The van der Waals surface area contributed by atoms with Crippen LogP contribution >= 0.6 is 15.9 Å². The van der Waals surface area contributed by atoms with Gasteiger partial charge in [-0.25, -0.2) is 0 Å². The minimum atomic E-state index is 0.334. The molecule has 2 heterocycles. The largest absolute Gasteiger partial charge is 0.309 e. The lowest BCUT2D eigenvalue weighted by molar-refractivity contribution is 0.100. The van der Waals surface area contributed by atoms with E-state index in [2.05, 4.69) is 57.2 Å². The second-order valence-corrected chi connectivity index (χ2v) is 6.60. The van der Waals surface area contributed by atoms with Crippen LogP contribution in [0.1, 0.15) is 25.1 Å². The molecule has 2 rings (SSSR count). The van der Waals surface area contributed by atoms with Gasteiger partial charge in [0.2, 0.25) is 0 Å². The Morgan fingerprint density at radius 3 is 2.75 bits per heavy atom. The van der Waals surface area contributed by atoms with E-state index < -0.39 is 0 Å². The molecule has 0 aliphatic carbocycles. The zero-order chi connectivity index (χ0) is 14.7. The Hall–Kier alpha value is -0.430. The van der Waals surface area contributed by atoms with Crippen molar-refractivity contribution in [3.63, 3.8) is 0 Å². The molecule has 1 aromatic rings. The van der Waals surface area contributed by atoms with Gasteiger partial charge in [-0.15, -0.1) is 0 Å². The summed E-state index contributed by atoms with van der Waals surface area (Å²) in [7, 11) is 6.46. The van der Waals surface area contributed by atoms with Crippen molar-refractivity contribution in [2.75, 3.05) is 40.3 Å². The molecule has 1 aromatic heterocycles. The second kappa shape index (κ2) is 7.02. The van der Waals surface area contributed by atoms with Gasteiger partial charge >= 0.3 is 0 Å². The molecular formula is C14H26BrN5. The standard InChI is InChI=1S/C14H26BrN5/c1-5-16-13(14-12(15)9-17-20(14)4)8-11-10-18(2)6-7-19(11)3/h9,11,13,16H,5-8,10H2,1-4H3. The Kier molecular flexibility index (Phi) is 5.60. The second-order valence-electron chi connectivity index (χ2n) is 5.74. The quantitative estimate of drug-likeness (QED) is 0.878. The minimum absolute atomic E-state index is 0.334. The van der Waals surface area contributed by atoms with Crippen molar-refractivity contribution in [3.05, 3.63) is 16.4 Å². The fourth-order valence-electron chi connectivity index (χ4n) is 2.98. The number of piperazine rings is 1. The van der Waals surface area contributed by atoms with Gasteiger partial charge in [0.1, 0.15) is 0 Å². The van der Waals surface area contributed by atoms with Gasteiger partial charge in [0.25, 0.3) is 0 Å². The van der Waals surface area contributed by atoms with E-state index in [1.54, 1.807) is 0 Å². The Morgan fingerprint density at radius 2 is 2.15 bits per heavy atom. The highest BCUT2D eigenvalue weighted by atomic mass is 79.9. The summed E-state index contributed by atoms with van der Waals surface area (Å²) in [5.41, 5.74) is 1.24. The number of aromatic nitrogens is 2. The van der Waals surface area contributed by atoms with Crippen molar-refractivity contribution in [3.8, 4) is 0 Å². The molecule has 0 saturated carbocycles. The lowest BCUT2D eigenvalue weighted by Crippen LogP contribution is -2.51. The fraction of sp³-hybridized carbons (Fsp3) is 0.786. The molecule has 1 aliphatic rings. The third kappa shape index (κ3) is 3.61. The normalized spacial score (nSPS) is 23.1. The third-order valence-corrected chi connectivity index (χ3v) is 4.82. The van der Waals surface area contributed by atoms with Crippen LogP contribution < -0.4 is 5.32 Å². The zero-order valence-electron chi connectivity index (χ0n) is 12.9. The average Bonchev–Trinajstić information content (AvgIpc) is 2.73. The van der Waals surface area contributed by atoms with Crippen molar-refractivity contribution in [2.24, 2.45) is 7.05 Å². The number of hydrogen-bond donors (Lipinski definition) is 1. The highest BCUT2D eigenvalue weighted by Gasteiger charge is 2.27. The summed E-state index contributed by atoms with van der Waals surface area (Å²) in [6.07, 6.45) is 2.99. The summed E-state index contributed by atoms with van der Waals surface area (Å²) in [6.45, 7) is 6.57. The Morgan fingerprint density at radius 1 is 1.40 bits per heavy atom. The van der Waals surface area contributed by atoms with Crippen LogP contribution in [-0.2, 0) is 7.05 Å². The average molecular weight is 344 g/mol. The summed E-state index contributed by atoms with van der Waals surface area (Å²) in [4.78, 5) is 4.90. The van der Waals surface area contributed by atoms with E-state index in [1.807, 2.05) is 17.9 Å². The van der Waals surface area contributed by atoms with Crippen molar-refractivity contribution < 1.29 is 0 Å². The number of rotatable bonds is 5. The lowest BCUT2D eigenvalue weighted by Gasteiger charge is -2.39. The number of likely N-dealkylation sites (N-methyl/N-ethyl adjacent to an activating group) is 2. The number of hydrogen-bond acceptors (Lipinski definition) is 4. The van der Waals surface area contributed by atoms with Gasteiger partial charge in [-0.2, -0.15) is 5.10 Å². The summed E-state index contributed by atoms with van der Waals surface area (Å²) in [5.74, 6) is 0. The number of nitrogens with zero attached hydrogens (tertiary/aromatic N) is 4. The van der Waals surface area contributed by atoms with Gasteiger partial charge in [0, 0.05) is 32.7 Å². The highest BCUT2D eigenvalue weighted by Crippen LogP contribution is 2.27. The minimum Gasteiger partial charge on any atom is -0.309 e. The van der Waals surface area contributed by atoms with Gasteiger partial charge in [0.05, 0.1) is 22.4 Å². The molecule has 20 heavy (non-hydrogen) atoms. The molecule has 0 radical (unpaired) electrons. The van der Waals surface area contributed by atoms with Gasteiger partial charge in [-0.05, 0) is 43.0 Å². The molecule has 2 unspecified atom stereocenters. The predicted molar refractivity (Wildman–Crippen MR) is 85.9 cm³/mol. The first-order chi connectivity index (χ1) is 9.52. The molecule has 1 aliphatic heterocycles. The molecule has 2 atom stereocenters. The van der Waals surface area contributed by atoms with Crippen molar-refractivity contribution in [2.45, 2.75) is 25.4 Å². The maximum Gasteiger partial charge on any atom is 0.0692 e. The summed E-state index contributed by atoms with van der Waals surface area (Å²) in [5, 5.41) is 7.97. The predicted octanol–water partition coefficient (Wildman–Crippen LogP) is 1.47. The van der Waals surface area contributed by atoms with Crippen molar-refractivity contribution >= 4 is 15.9 Å². The topological polar surface area (TPSA) is 36.3 Å². The molecule has 0 spiro atoms. The molecule has 114 valence electrons. The highest BCUT2D eigenvalue weighted by molar-refractivity contribution is 9.10.